The zero-order valence-corrected chi connectivity index (χ0v) is 20.1. The number of nitrogens with one attached hydrogen (secondary N) is 2. The Morgan fingerprint density at radius 3 is 2.55 bits per heavy atom. The number of amides is 2. The SMILES string of the molecule is CCC(C)[C@H](NC(=O)OC(C)(C)C)c1nnc(SCC(=O)Nc2ccc(C)cc2C)o1. The summed E-state index contributed by atoms with van der Waals surface area (Å²) in [5, 5.41) is 14.1. The van der Waals surface area contributed by atoms with Crippen molar-refractivity contribution in [2.45, 2.75) is 71.8 Å². The number of hydrogen-bond acceptors (Lipinski definition) is 7. The lowest BCUT2D eigenvalue weighted by Crippen LogP contribution is -2.37. The minimum absolute atomic E-state index is 0.0543. The van der Waals surface area contributed by atoms with Crippen LogP contribution in [0.15, 0.2) is 27.8 Å². The third-order valence-corrected chi connectivity index (χ3v) is 5.37. The van der Waals surface area contributed by atoms with Crippen molar-refractivity contribution in [1.29, 1.82) is 0 Å². The predicted molar refractivity (Wildman–Crippen MR) is 121 cm³/mol. The molecule has 2 rings (SSSR count). The maximum atomic E-state index is 12.3. The smallest absolute Gasteiger partial charge is 0.408 e. The number of rotatable bonds is 8. The van der Waals surface area contributed by atoms with Crippen LogP contribution in [0.4, 0.5) is 10.5 Å². The molecule has 0 fully saturated rings. The van der Waals surface area contributed by atoms with Gasteiger partial charge in [0, 0.05) is 5.69 Å². The summed E-state index contributed by atoms with van der Waals surface area (Å²) in [6.07, 6.45) is 0.252. The number of anilines is 1. The lowest BCUT2D eigenvalue weighted by Gasteiger charge is -2.24. The molecular formula is C22H32N4O4S. The van der Waals surface area contributed by atoms with E-state index in [1.54, 1.807) is 20.8 Å². The molecule has 1 unspecified atom stereocenters. The number of alkyl carbamates (subject to hydrolysis) is 1. The molecule has 0 spiro atoms. The van der Waals surface area contributed by atoms with Gasteiger partial charge in [0.2, 0.25) is 11.8 Å². The van der Waals surface area contributed by atoms with Crippen molar-refractivity contribution >= 4 is 29.4 Å². The van der Waals surface area contributed by atoms with Crippen molar-refractivity contribution in [3.8, 4) is 0 Å². The van der Waals surface area contributed by atoms with Crippen LogP contribution in [-0.2, 0) is 9.53 Å². The number of benzene rings is 1. The Morgan fingerprint density at radius 2 is 1.94 bits per heavy atom. The van der Waals surface area contributed by atoms with Gasteiger partial charge in [0.25, 0.3) is 5.22 Å². The molecule has 0 saturated carbocycles. The highest BCUT2D eigenvalue weighted by Gasteiger charge is 2.28. The second kappa shape index (κ2) is 10.7. The van der Waals surface area contributed by atoms with E-state index in [4.69, 9.17) is 9.15 Å². The Labute approximate surface area is 187 Å². The summed E-state index contributed by atoms with van der Waals surface area (Å²) in [6, 6.07) is 5.37. The van der Waals surface area contributed by atoms with Gasteiger partial charge in [-0.3, -0.25) is 4.79 Å². The molecule has 2 amide bonds. The molecule has 0 aliphatic rings. The van der Waals surface area contributed by atoms with E-state index in [0.717, 1.165) is 35.0 Å². The highest BCUT2D eigenvalue weighted by atomic mass is 32.2. The minimum atomic E-state index is -0.608. The first-order valence-electron chi connectivity index (χ1n) is 10.3. The van der Waals surface area contributed by atoms with Crippen molar-refractivity contribution in [2.24, 2.45) is 5.92 Å². The number of carbonyl (C=O) groups excluding carboxylic acids is 2. The topological polar surface area (TPSA) is 106 Å². The fourth-order valence-electron chi connectivity index (χ4n) is 2.79. The lowest BCUT2D eigenvalue weighted by atomic mass is 9.99. The van der Waals surface area contributed by atoms with Gasteiger partial charge in [-0.1, -0.05) is 49.7 Å². The number of carbonyl (C=O) groups is 2. The molecule has 2 atom stereocenters. The molecular weight excluding hydrogens is 416 g/mol. The van der Waals surface area contributed by atoms with E-state index in [1.807, 2.05) is 45.9 Å². The third-order valence-electron chi connectivity index (χ3n) is 4.56. The first-order chi connectivity index (χ1) is 14.5. The molecule has 0 bridgehead atoms. The molecule has 0 radical (unpaired) electrons. The van der Waals surface area contributed by atoms with E-state index in [2.05, 4.69) is 20.8 Å². The number of aromatic nitrogens is 2. The number of ether oxygens (including phenoxy) is 1. The molecule has 2 N–H and O–H groups in total. The van der Waals surface area contributed by atoms with Crippen LogP contribution in [0.2, 0.25) is 0 Å². The standard InChI is InChI=1S/C22H32N4O4S/c1-8-14(3)18(24-20(28)30-22(5,6)7)19-25-26-21(29-19)31-12-17(27)23-16-10-9-13(2)11-15(16)4/h9-11,14,18H,8,12H2,1-7H3,(H,23,27)(H,24,28)/t14?,18-/m0/s1. The van der Waals surface area contributed by atoms with E-state index in [1.165, 1.54) is 0 Å². The monoisotopic (exact) mass is 448 g/mol. The lowest BCUT2D eigenvalue weighted by molar-refractivity contribution is -0.113. The second-order valence-corrected chi connectivity index (χ2v) is 9.50. The average molecular weight is 449 g/mol. The summed E-state index contributed by atoms with van der Waals surface area (Å²) < 4.78 is 11.1. The van der Waals surface area contributed by atoms with Gasteiger partial charge in [0.15, 0.2) is 0 Å². The van der Waals surface area contributed by atoms with Gasteiger partial charge < -0.3 is 19.8 Å². The maximum Gasteiger partial charge on any atom is 0.408 e. The maximum absolute atomic E-state index is 12.3. The average Bonchev–Trinajstić information content (AvgIpc) is 3.13. The summed E-state index contributed by atoms with van der Waals surface area (Å²) in [6.45, 7) is 13.4. The van der Waals surface area contributed by atoms with Gasteiger partial charge in [-0.2, -0.15) is 0 Å². The van der Waals surface area contributed by atoms with Crippen LogP contribution >= 0.6 is 11.8 Å². The Kier molecular flexibility index (Phi) is 8.50. The van der Waals surface area contributed by atoms with Gasteiger partial charge in [-0.15, -0.1) is 10.2 Å². The Morgan fingerprint density at radius 1 is 1.23 bits per heavy atom. The second-order valence-electron chi connectivity index (χ2n) is 8.57. The molecule has 9 heteroatoms. The van der Waals surface area contributed by atoms with Crippen LogP contribution in [0.1, 0.15) is 64.1 Å². The van der Waals surface area contributed by atoms with Crippen LogP contribution in [0.5, 0.6) is 0 Å². The molecule has 1 heterocycles. The molecule has 0 saturated heterocycles. The normalized spacial score (nSPS) is 13.4. The summed E-state index contributed by atoms with van der Waals surface area (Å²) in [5.41, 5.74) is 2.31. The van der Waals surface area contributed by atoms with E-state index in [-0.39, 0.29) is 28.7 Å². The van der Waals surface area contributed by atoms with Gasteiger partial charge >= 0.3 is 6.09 Å². The summed E-state index contributed by atoms with van der Waals surface area (Å²) >= 11 is 1.15. The van der Waals surface area contributed by atoms with Crippen molar-refractivity contribution in [2.75, 3.05) is 11.1 Å². The fraction of sp³-hybridized carbons (Fsp3) is 0.545. The van der Waals surface area contributed by atoms with E-state index in [0.29, 0.717) is 0 Å². The number of aryl methyl sites for hydroxylation is 2. The van der Waals surface area contributed by atoms with Crippen LogP contribution in [0, 0.1) is 19.8 Å². The Balaban J connectivity index is 1.99. The van der Waals surface area contributed by atoms with Crippen LogP contribution in [0.25, 0.3) is 0 Å². The summed E-state index contributed by atoms with van der Waals surface area (Å²) in [4.78, 5) is 24.5. The third kappa shape index (κ3) is 7.90. The number of thioether (sulfide) groups is 1. The van der Waals surface area contributed by atoms with Crippen LogP contribution < -0.4 is 10.6 Å². The van der Waals surface area contributed by atoms with Crippen molar-refractivity contribution < 1.29 is 18.7 Å². The van der Waals surface area contributed by atoms with E-state index in [9.17, 15) is 9.59 Å². The quantitative estimate of drug-likeness (QED) is 0.546. The van der Waals surface area contributed by atoms with Crippen molar-refractivity contribution in [3.05, 3.63) is 35.2 Å². The molecule has 1 aromatic carbocycles. The van der Waals surface area contributed by atoms with Crippen molar-refractivity contribution in [1.82, 2.24) is 15.5 Å². The molecule has 1 aromatic heterocycles. The minimum Gasteiger partial charge on any atom is -0.444 e. The fourth-order valence-corrected chi connectivity index (χ4v) is 3.36. The first kappa shape index (κ1) is 24.7. The highest BCUT2D eigenvalue weighted by molar-refractivity contribution is 7.99. The first-order valence-corrected chi connectivity index (χ1v) is 11.3. The van der Waals surface area contributed by atoms with Gasteiger partial charge in [0.1, 0.15) is 11.6 Å². The van der Waals surface area contributed by atoms with Crippen LogP contribution in [-0.4, -0.2) is 33.6 Å². The number of nitrogens with zero attached hydrogens (tertiary/aromatic N) is 2. The van der Waals surface area contributed by atoms with Gasteiger partial charge in [0.05, 0.1) is 5.75 Å². The zero-order chi connectivity index (χ0) is 23.2. The highest BCUT2D eigenvalue weighted by Crippen LogP contribution is 2.27. The number of hydrogen-bond donors (Lipinski definition) is 2. The van der Waals surface area contributed by atoms with E-state index >= 15 is 0 Å². The van der Waals surface area contributed by atoms with Crippen molar-refractivity contribution in [3.63, 3.8) is 0 Å². The molecule has 2 aromatic rings. The molecule has 0 aliphatic carbocycles. The largest absolute Gasteiger partial charge is 0.444 e. The Hall–Kier alpha value is -2.55. The zero-order valence-electron chi connectivity index (χ0n) is 19.2. The molecule has 170 valence electrons. The Bertz CT molecular complexity index is 907. The molecule has 0 aliphatic heterocycles. The van der Waals surface area contributed by atoms with Gasteiger partial charge in [-0.25, -0.2) is 4.79 Å². The van der Waals surface area contributed by atoms with Crippen LogP contribution in [0.3, 0.4) is 0 Å². The predicted octanol–water partition coefficient (Wildman–Crippen LogP) is 5.03. The summed E-state index contributed by atoms with van der Waals surface area (Å²) in [5.74, 6) is 0.306. The summed E-state index contributed by atoms with van der Waals surface area (Å²) in [7, 11) is 0. The molecule has 8 nitrogen and oxygen atoms in total. The molecule has 31 heavy (non-hydrogen) atoms. The van der Waals surface area contributed by atoms with Gasteiger partial charge in [-0.05, 0) is 52.2 Å². The van der Waals surface area contributed by atoms with E-state index < -0.39 is 17.7 Å².